The Morgan fingerprint density at radius 2 is 1.87 bits per heavy atom. The molecule has 6 nitrogen and oxygen atoms in total. The van der Waals surface area contributed by atoms with E-state index in [0.29, 0.717) is 24.6 Å². The van der Waals surface area contributed by atoms with Crippen molar-refractivity contribution in [2.75, 3.05) is 33.8 Å². The average molecular weight is 425 g/mol. The molecule has 0 heterocycles. The van der Waals surface area contributed by atoms with Crippen LogP contribution in [0.1, 0.15) is 42.3 Å². The van der Waals surface area contributed by atoms with Crippen LogP contribution in [-0.4, -0.2) is 50.6 Å². The molecule has 0 aliphatic carbocycles. The first-order valence-electron chi connectivity index (χ1n) is 10.9. The van der Waals surface area contributed by atoms with Gasteiger partial charge in [0.2, 0.25) is 0 Å². The number of nitrogens with one attached hydrogen (secondary N) is 2. The normalized spacial score (nSPS) is 11.4. The molecule has 0 aliphatic heterocycles. The summed E-state index contributed by atoms with van der Waals surface area (Å²) in [6.45, 7) is 9.05. The van der Waals surface area contributed by atoms with Crippen molar-refractivity contribution >= 4 is 11.9 Å². The Bertz CT molecular complexity index is 862. The largest absolute Gasteiger partial charge is 0.493 e. The van der Waals surface area contributed by atoms with Gasteiger partial charge in [0.15, 0.2) is 5.96 Å². The second-order valence-electron chi connectivity index (χ2n) is 8.08. The lowest BCUT2D eigenvalue weighted by atomic mass is 10.1. The van der Waals surface area contributed by atoms with Gasteiger partial charge in [-0.2, -0.15) is 0 Å². The number of carbonyl (C=O) groups is 1. The summed E-state index contributed by atoms with van der Waals surface area (Å²) in [6, 6.07) is 15.8. The van der Waals surface area contributed by atoms with Crippen LogP contribution in [-0.2, 0) is 13.0 Å². The Morgan fingerprint density at radius 1 is 1.10 bits per heavy atom. The van der Waals surface area contributed by atoms with Gasteiger partial charge in [0, 0.05) is 38.3 Å². The zero-order valence-electron chi connectivity index (χ0n) is 19.4. The van der Waals surface area contributed by atoms with Crippen molar-refractivity contribution in [1.29, 1.82) is 0 Å². The number of nitrogens with zero attached hydrogens (tertiary/aromatic N) is 2. The predicted octanol–water partition coefficient (Wildman–Crippen LogP) is 3.72. The zero-order valence-corrected chi connectivity index (χ0v) is 19.4. The third kappa shape index (κ3) is 8.32. The number of carbonyl (C=O) groups excluding carboxylic acids is 1. The highest BCUT2D eigenvalue weighted by Crippen LogP contribution is 2.19. The first kappa shape index (κ1) is 24.3. The highest BCUT2D eigenvalue weighted by molar-refractivity contribution is 5.94. The topological polar surface area (TPSA) is 66.0 Å². The summed E-state index contributed by atoms with van der Waals surface area (Å²) in [5.74, 6) is 2.14. The van der Waals surface area contributed by atoms with E-state index in [4.69, 9.17) is 9.73 Å². The molecule has 31 heavy (non-hydrogen) atoms. The molecule has 168 valence electrons. The molecular formula is C25H36N4O2. The van der Waals surface area contributed by atoms with Gasteiger partial charge < -0.3 is 20.3 Å². The molecule has 0 bridgehead atoms. The number of guanidine groups is 1. The second kappa shape index (κ2) is 12.6. The van der Waals surface area contributed by atoms with Gasteiger partial charge in [-0.25, -0.2) is 4.99 Å². The summed E-state index contributed by atoms with van der Waals surface area (Å²) in [6.07, 6.45) is 0.799. The minimum absolute atomic E-state index is 0.0167. The maximum Gasteiger partial charge on any atom is 0.253 e. The van der Waals surface area contributed by atoms with Crippen molar-refractivity contribution in [2.24, 2.45) is 10.9 Å². The van der Waals surface area contributed by atoms with E-state index in [-0.39, 0.29) is 5.91 Å². The fourth-order valence-electron chi connectivity index (χ4n) is 2.98. The minimum Gasteiger partial charge on any atom is -0.493 e. The van der Waals surface area contributed by atoms with Crippen LogP contribution >= 0.6 is 0 Å². The van der Waals surface area contributed by atoms with E-state index in [1.54, 1.807) is 19.0 Å². The van der Waals surface area contributed by atoms with Gasteiger partial charge in [-0.15, -0.1) is 0 Å². The van der Waals surface area contributed by atoms with Crippen LogP contribution in [0, 0.1) is 5.92 Å². The van der Waals surface area contributed by atoms with Gasteiger partial charge in [-0.1, -0.05) is 44.2 Å². The average Bonchev–Trinajstić information content (AvgIpc) is 2.76. The number of aliphatic imine (C=N–C) groups is 1. The third-order valence-corrected chi connectivity index (χ3v) is 4.58. The number of amides is 1. The second-order valence-corrected chi connectivity index (χ2v) is 8.08. The monoisotopic (exact) mass is 424 g/mol. The fraction of sp³-hybridized carbons (Fsp3) is 0.440. The molecule has 2 aromatic rings. The smallest absolute Gasteiger partial charge is 0.253 e. The predicted molar refractivity (Wildman–Crippen MR) is 128 cm³/mol. The van der Waals surface area contributed by atoms with Gasteiger partial charge in [0.25, 0.3) is 5.91 Å². The van der Waals surface area contributed by atoms with E-state index >= 15 is 0 Å². The molecule has 0 saturated carbocycles. The lowest BCUT2D eigenvalue weighted by molar-refractivity contribution is 0.0827. The van der Waals surface area contributed by atoms with Gasteiger partial charge in [0.1, 0.15) is 5.75 Å². The molecule has 1 amide bonds. The molecule has 2 N–H and O–H groups in total. The van der Waals surface area contributed by atoms with Crippen LogP contribution in [0.5, 0.6) is 5.75 Å². The summed E-state index contributed by atoms with van der Waals surface area (Å²) in [5.41, 5.74) is 2.89. The molecule has 0 atom stereocenters. The third-order valence-electron chi connectivity index (χ3n) is 4.58. The van der Waals surface area contributed by atoms with Crippen LogP contribution < -0.4 is 15.4 Å². The number of para-hydroxylation sites is 1. The quantitative estimate of drug-likeness (QED) is 0.451. The number of ether oxygens (including phenoxy) is 1. The number of hydrogen-bond acceptors (Lipinski definition) is 3. The lowest BCUT2D eigenvalue weighted by Gasteiger charge is -2.14. The highest BCUT2D eigenvalue weighted by atomic mass is 16.5. The van der Waals surface area contributed by atoms with Gasteiger partial charge in [0.05, 0.1) is 13.2 Å². The molecule has 0 aromatic heterocycles. The standard InChI is InChI=1S/C25H36N4O2/c1-6-26-25(28-17-22-11-7-8-13-23(22)31-18-19(2)3)27-15-14-20-10-9-12-21(16-20)24(30)29(4)5/h7-13,16,19H,6,14-15,17-18H2,1-5H3,(H2,26,27,28). The lowest BCUT2D eigenvalue weighted by Crippen LogP contribution is -2.38. The van der Waals surface area contributed by atoms with Gasteiger partial charge in [-0.05, 0) is 43.0 Å². The van der Waals surface area contributed by atoms with Crippen LogP contribution in [0.25, 0.3) is 0 Å². The van der Waals surface area contributed by atoms with Crippen molar-refractivity contribution < 1.29 is 9.53 Å². The van der Waals surface area contributed by atoms with E-state index in [1.807, 2.05) is 49.4 Å². The van der Waals surface area contributed by atoms with Crippen molar-refractivity contribution in [2.45, 2.75) is 33.7 Å². The SMILES string of the molecule is CCNC(=NCc1ccccc1OCC(C)C)NCCc1cccc(C(=O)N(C)C)c1. The molecular weight excluding hydrogens is 388 g/mol. The van der Waals surface area contributed by atoms with Gasteiger partial charge >= 0.3 is 0 Å². The molecule has 6 heteroatoms. The summed E-state index contributed by atoms with van der Waals surface area (Å²) >= 11 is 0. The maximum absolute atomic E-state index is 12.2. The number of benzene rings is 2. The fourth-order valence-corrected chi connectivity index (χ4v) is 2.98. The molecule has 0 radical (unpaired) electrons. The zero-order chi connectivity index (χ0) is 22.6. The van der Waals surface area contributed by atoms with E-state index in [1.165, 1.54) is 0 Å². The van der Waals surface area contributed by atoms with Crippen LogP contribution in [0.3, 0.4) is 0 Å². The maximum atomic E-state index is 12.2. The molecule has 0 saturated heterocycles. The number of rotatable bonds is 10. The number of hydrogen-bond donors (Lipinski definition) is 2. The summed E-state index contributed by atoms with van der Waals surface area (Å²) in [7, 11) is 3.53. The van der Waals surface area contributed by atoms with Crippen molar-refractivity contribution in [3.63, 3.8) is 0 Å². The minimum atomic E-state index is 0.0167. The van der Waals surface area contributed by atoms with E-state index < -0.39 is 0 Å². The molecule has 2 aromatic carbocycles. The first-order chi connectivity index (χ1) is 14.9. The van der Waals surface area contributed by atoms with E-state index in [9.17, 15) is 4.79 Å². The Kier molecular flexibility index (Phi) is 9.88. The molecule has 0 fully saturated rings. The Balaban J connectivity index is 1.97. The first-order valence-corrected chi connectivity index (χ1v) is 10.9. The molecule has 0 spiro atoms. The molecule has 0 aliphatic rings. The van der Waals surface area contributed by atoms with E-state index in [2.05, 4.69) is 30.5 Å². The highest BCUT2D eigenvalue weighted by Gasteiger charge is 2.08. The summed E-state index contributed by atoms with van der Waals surface area (Å²) in [4.78, 5) is 18.5. The Hall–Kier alpha value is -3.02. The summed E-state index contributed by atoms with van der Waals surface area (Å²) < 4.78 is 5.94. The Morgan fingerprint density at radius 3 is 2.58 bits per heavy atom. The van der Waals surface area contributed by atoms with Crippen LogP contribution in [0.2, 0.25) is 0 Å². The van der Waals surface area contributed by atoms with Crippen molar-refractivity contribution in [3.8, 4) is 5.75 Å². The van der Waals surface area contributed by atoms with Crippen molar-refractivity contribution in [3.05, 3.63) is 65.2 Å². The van der Waals surface area contributed by atoms with Crippen LogP contribution in [0.15, 0.2) is 53.5 Å². The molecule has 0 unspecified atom stereocenters. The van der Waals surface area contributed by atoms with Crippen molar-refractivity contribution in [1.82, 2.24) is 15.5 Å². The molecule has 2 rings (SSSR count). The van der Waals surface area contributed by atoms with Crippen LogP contribution in [0.4, 0.5) is 0 Å². The van der Waals surface area contributed by atoms with E-state index in [0.717, 1.165) is 42.3 Å². The van der Waals surface area contributed by atoms with Gasteiger partial charge in [-0.3, -0.25) is 4.79 Å². The Labute approximate surface area is 186 Å². The summed E-state index contributed by atoms with van der Waals surface area (Å²) in [5, 5.41) is 6.67.